The molecule has 1 amide bonds. The molecule has 1 aromatic heterocycles. The second kappa shape index (κ2) is 9.52. The van der Waals surface area contributed by atoms with Crippen molar-refractivity contribution in [2.45, 2.75) is 43.9 Å². The Hall–Kier alpha value is -3.20. The van der Waals surface area contributed by atoms with E-state index in [-0.39, 0.29) is 16.2 Å². The van der Waals surface area contributed by atoms with Gasteiger partial charge in [0.15, 0.2) is 9.84 Å². The summed E-state index contributed by atoms with van der Waals surface area (Å²) in [7, 11) is -3.23. The van der Waals surface area contributed by atoms with Crippen LogP contribution in [0.5, 0.6) is 5.75 Å². The van der Waals surface area contributed by atoms with Crippen molar-refractivity contribution in [3.8, 4) is 17.1 Å². The molecule has 0 spiro atoms. The van der Waals surface area contributed by atoms with Crippen LogP contribution in [0, 0.1) is 0 Å². The van der Waals surface area contributed by atoms with Gasteiger partial charge in [0.05, 0.1) is 11.5 Å². The van der Waals surface area contributed by atoms with E-state index in [1.807, 2.05) is 32.9 Å². The number of aromatic nitrogens is 2. The molecule has 3 aromatic rings. The molecule has 9 heteroatoms. The minimum atomic E-state index is -3.23. The Morgan fingerprint density at radius 3 is 2.28 bits per heavy atom. The summed E-state index contributed by atoms with van der Waals surface area (Å²) in [4.78, 5) is 16.8. The molecule has 0 saturated carbocycles. The van der Waals surface area contributed by atoms with Gasteiger partial charge in [-0.05, 0) is 55.0 Å². The zero-order chi connectivity index (χ0) is 23.4. The van der Waals surface area contributed by atoms with Crippen molar-refractivity contribution < 1.29 is 22.5 Å². The molecule has 0 unspecified atom stereocenters. The Kier molecular flexibility index (Phi) is 6.98. The first-order valence-corrected chi connectivity index (χ1v) is 12.1. The largest absolute Gasteiger partial charge is 0.494 e. The third-order valence-corrected chi connectivity index (χ3v) is 5.69. The van der Waals surface area contributed by atoms with Crippen LogP contribution in [0.15, 0.2) is 57.9 Å². The Bertz CT molecular complexity index is 1160. The molecule has 32 heavy (non-hydrogen) atoms. The van der Waals surface area contributed by atoms with Crippen molar-refractivity contribution >= 4 is 21.4 Å². The SMILES string of the molecule is CC(C)(C)c1nc(-c2ccc(NC(=O)CCCOc3ccc(S(C)(=O)=O)cc3)cc2)no1. The first-order valence-electron chi connectivity index (χ1n) is 10.2. The summed E-state index contributed by atoms with van der Waals surface area (Å²) >= 11 is 0. The predicted octanol–water partition coefficient (Wildman–Crippen LogP) is 4.24. The van der Waals surface area contributed by atoms with E-state index in [1.165, 1.54) is 12.1 Å². The van der Waals surface area contributed by atoms with Gasteiger partial charge < -0.3 is 14.6 Å². The first kappa shape index (κ1) is 23.5. The maximum absolute atomic E-state index is 12.2. The minimum absolute atomic E-state index is 0.122. The number of rotatable bonds is 8. The van der Waals surface area contributed by atoms with Crippen LogP contribution in [0.3, 0.4) is 0 Å². The summed E-state index contributed by atoms with van der Waals surface area (Å²) < 4.78 is 33.8. The molecule has 0 atom stereocenters. The average molecular weight is 458 g/mol. The Morgan fingerprint density at radius 1 is 1.06 bits per heavy atom. The highest BCUT2D eigenvalue weighted by Crippen LogP contribution is 2.24. The van der Waals surface area contributed by atoms with Gasteiger partial charge in [-0.25, -0.2) is 8.42 Å². The number of anilines is 1. The summed E-state index contributed by atoms with van der Waals surface area (Å²) in [5.41, 5.74) is 1.26. The van der Waals surface area contributed by atoms with Gasteiger partial charge in [-0.1, -0.05) is 25.9 Å². The average Bonchev–Trinajstić information content (AvgIpc) is 3.22. The van der Waals surface area contributed by atoms with Crippen LogP contribution in [0.25, 0.3) is 11.4 Å². The number of hydrogen-bond donors (Lipinski definition) is 1. The fraction of sp³-hybridized carbons (Fsp3) is 0.348. The van der Waals surface area contributed by atoms with E-state index in [0.29, 0.717) is 42.6 Å². The van der Waals surface area contributed by atoms with Crippen LogP contribution in [-0.4, -0.2) is 37.3 Å². The van der Waals surface area contributed by atoms with Crippen molar-refractivity contribution in [2.75, 3.05) is 18.2 Å². The number of nitrogens with zero attached hydrogens (tertiary/aromatic N) is 2. The predicted molar refractivity (Wildman–Crippen MR) is 121 cm³/mol. The highest BCUT2D eigenvalue weighted by atomic mass is 32.2. The maximum Gasteiger partial charge on any atom is 0.232 e. The highest BCUT2D eigenvalue weighted by Gasteiger charge is 2.22. The molecule has 0 aliphatic carbocycles. The standard InChI is InChI=1S/C23H27N3O5S/c1-23(2,3)22-25-21(26-31-22)16-7-9-17(10-8-16)24-20(27)6-5-15-30-18-11-13-19(14-12-18)32(4,28)29/h7-14H,5-6,15H2,1-4H3,(H,24,27). The molecular weight excluding hydrogens is 430 g/mol. The van der Waals surface area contributed by atoms with Gasteiger partial charge in [-0.3, -0.25) is 4.79 Å². The summed E-state index contributed by atoms with van der Waals surface area (Å²) in [6.07, 6.45) is 1.97. The third-order valence-electron chi connectivity index (χ3n) is 4.56. The molecule has 0 aliphatic heterocycles. The van der Waals surface area contributed by atoms with Gasteiger partial charge >= 0.3 is 0 Å². The molecule has 3 rings (SSSR count). The molecule has 1 heterocycles. The smallest absolute Gasteiger partial charge is 0.232 e. The van der Waals surface area contributed by atoms with E-state index < -0.39 is 9.84 Å². The lowest BCUT2D eigenvalue weighted by Crippen LogP contribution is -2.12. The maximum atomic E-state index is 12.2. The molecule has 0 saturated heterocycles. The van der Waals surface area contributed by atoms with Gasteiger partial charge in [-0.2, -0.15) is 4.98 Å². The summed E-state index contributed by atoms with van der Waals surface area (Å²) in [5.74, 6) is 1.51. The number of carbonyl (C=O) groups excluding carboxylic acids is 1. The second-order valence-electron chi connectivity index (χ2n) is 8.49. The molecule has 0 radical (unpaired) electrons. The number of ether oxygens (including phenoxy) is 1. The summed E-state index contributed by atoms with van der Waals surface area (Å²) in [5, 5.41) is 6.87. The molecule has 0 aliphatic rings. The lowest BCUT2D eigenvalue weighted by Gasteiger charge is -2.10. The number of nitrogens with one attached hydrogen (secondary N) is 1. The minimum Gasteiger partial charge on any atom is -0.494 e. The van der Waals surface area contributed by atoms with Crippen LogP contribution in [0.4, 0.5) is 5.69 Å². The van der Waals surface area contributed by atoms with E-state index in [0.717, 1.165) is 11.8 Å². The van der Waals surface area contributed by atoms with Crippen molar-refractivity contribution in [3.05, 3.63) is 54.4 Å². The van der Waals surface area contributed by atoms with E-state index in [1.54, 1.807) is 24.3 Å². The zero-order valence-electron chi connectivity index (χ0n) is 18.6. The van der Waals surface area contributed by atoms with E-state index in [4.69, 9.17) is 9.26 Å². The second-order valence-corrected chi connectivity index (χ2v) is 10.5. The molecule has 0 fully saturated rings. The van der Waals surface area contributed by atoms with E-state index >= 15 is 0 Å². The molecule has 170 valence electrons. The van der Waals surface area contributed by atoms with Crippen molar-refractivity contribution in [1.29, 1.82) is 0 Å². The molecular formula is C23H27N3O5S. The van der Waals surface area contributed by atoms with Crippen LogP contribution in [-0.2, 0) is 20.0 Å². The first-order chi connectivity index (χ1) is 15.0. The van der Waals surface area contributed by atoms with E-state index in [2.05, 4.69) is 15.5 Å². The van der Waals surface area contributed by atoms with Crippen LogP contribution < -0.4 is 10.1 Å². The fourth-order valence-corrected chi connectivity index (χ4v) is 3.41. The van der Waals surface area contributed by atoms with Gasteiger partial charge in [-0.15, -0.1) is 0 Å². The van der Waals surface area contributed by atoms with Crippen LogP contribution in [0.1, 0.15) is 39.5 Å². The molecule has 0 bridgehead atoms. The van der Waals surface area contributed by atoms with Crippen molar-refractivity contribution in [2.24, 2.45) is 0 Å². The highest BCUT2D eigenvalue weighted by molar-refractivity contribution is 7.90. The van der Waals surface area contributed by atoms with Crippen LogP contribution in [0.2, 0.25) is 0 Å². The monoisotopic (exact) mass is 457 g/mol. The normalized spacial score (nSPS) is 11.9. The number of sulfone groups is 1. The van der Waals surface area contributed by atoms with Crippen molar-refractivity contribution in [1.82, 2.24) is 10.1 Å². The fourth-order valence-electron chi connectivity index (χ4n) is 2.78. The number of amides is 1. The van der Waals surface area contributed by atoms with Gasteiger partial charge in [0.2, 0.25) is 17.6 Å². The molecule has 1 N–H and O–H groups in total. The van der Waals surface area contributed by atoms with Crippen molar-refractivity contribution in [3.63, 3.8) is 0 Å². The van der Waals surface area contributed by atoms with Gasteiger partial charge in [0.25, 0.3) is 0 Å². The van der Waals surface area contributed by atoms with Crippen LogP contribution >= 0.6 is 0 Å². The number of benzene rings is 2. The quantitative estimate of drug-likeness (QED) is 0.504. The Morgan fingerprint density at radius 2 is 1.72 bits per heavy atom. The zero-order valence-corrected chi connectivity index (χ0v) is 19.4. The van der Waals surface area contributed by atoms with Gasteiger partial charge in [0, 0.05) is 29.3 Å². The third kappa shape index (κ3) is 6.40. The Labute approximate surface area is 187 Å². The van der Waals surface area contributed by atoms with E-state index in [9.17, 15) is 13.2 Å². The summed E-state index contributed by atoms with van der Waals surface area (Å²) in [6, 6.07) is 13.4. The lowest BCUT2D eigenvalue weighted by molar-refractivity contribution is -0.116. The topological polar surface area (TPSA) is 111 Å². The number of hydrogen-bond acceptors (Lipinski definition) is 7. The molecule has 2 aromatic carbocycles. The molecule has 8 nitrogen and oxygen atoms in total. The lowest BCUT2D eigenvalue weighted by atomic mass is 9.97. The Balaban J connectivity index is 1.44. The van der Waals surface area contributed by atoms with Gasteiger partial charge in [0.1, 0.15) is 5.75 Å². The summed E-state index contributed by atoms with van der Waals surface area (Å²) in [6.45, 7) is 6.35. The number of carbonyl (C=O) groups is 1.